The van der Waals surface area contributed by atoms with E-state index in [0.29, 0.717) is 24.7 Å². The van der Waals surface area contributed by atoms with E-state index >= 15 is 0 Å². The lowest BCUT2D eigenvalue weighted by Crippen LogP contribution is -2.41. The molecule has 0 unspecified atom stereocenters. The number of fused-ring (bicyclic) bond motifs is 1. The van der Waals surface area contributed by atoms with E-state index in [1.54, 1.807) is 0 Å². The van der Waals surface area contributed by atoms with Gasteiger partial charge in [0.05, 0.1) is 30.5 Å². The Kier molecular flexibility index (Phi) is 7.51. The molecule has 3 aliphatic rings. The van der Waals surface area contributed by atoms with Crippen molar-refractivity contribution in [2.24, 2.45) is 17.3 Å². The van der Waals surface area contributed by atoms with Gasteiger partial charge in [-0.2, -0.15) is 0 Å². The molecule has 0 aromatic heterocycles. The van der Waals surface area contributed by atoms with Gasteiger partial charge in [0.25, 0.3) is 0 Å². The summed E-state index contributed by atoms with van der Waals surface area (Å²) in [6.45, 7) is 9.18. The second-order valence-corrected chi connectivity index (χ2v) is 10.9. The normalized spacial score (nSPS) is 39.8. The Labute approximate surface area is 181 Å². The lowest BCUT2D eigenvalue weighted by atomic mass is 9.62. The van der Waals surface area contributed by atoms with E-state index in [0.717, 1.165) is 44.3 Å². The van der Waals surface area contributed by atoms with Crippen molar-refractivity contribution in [2.45, 2.75) is 109 Å². The molecule has 0 spiro atoms. The number of hydrogen-bond donors (Lipinski definition) is 4. The Hall–Kier alpha value is -0.720. The van der Waals surface area contributed by atoms with Crippen LogP contribution in [0.2, 0.25) is 0 Å². The van der Waals surface area contributed by atoms with Crippen molar-refractivity contribution in [1.82, 2.24) is 0 Å². The summed E-state index contributed by atoms with van der Waals surface area (Å²) in [6.07, 6.45) is 8.80. The summed E-state index contributed by atoms with van der Waals surface area (Å²) < 4.78 is 6.38. The number of aliphatic hydroxyl groups excluding tert-OH is 3. The molecule has 0 aromatic carbocycles. The topological polar surface area (TPSA) is 90.2 Å². The molecule has 0 amide bonds. The first kappa shape index (κ1) is 23.9. The van der Waals surface area contributed by atoms with E-state index in [1.165, 1.54) is 12.0 Å². The third-order valence-corrected chi connectivity index (χ3v) is 7.75. The van der Waals surface area contributed by atoms with Crippen molar-refractivity contribution in [3.05, 3.63) is 23.3 Å². The molecule has 3 rings (SSSR count). The van der Waals surface area contributed by atoms with Gasteiger partial charge in [0.15, 0.2) is 0 Å². The minimum Gasteiger partial charge on any atom is -0.390 e. The van der Waals surface area contributed by atoms with Crippen LogP contribution in [0, 0.1) is 17.3 Å². The second-order valence-electron chi connectivity index (χ2n) is 10.9. The van der Waals surface area contributed by atoms with Gasteiger partial charge >= 0.3 is 0 Å². The number of hydrogen-bond acceptors (Lipinski definition) is 5. The summed E-state index contributed by atoms with van der Waals surface area (Å²) in [5, 5.41) is 39.7. The Morgan fingerprint density at radius 3 is 2.47 bits per heavy atom. The van der Waals surface area contributed by atoms with Crippen LogP contribution >= 0.6 is 0 Å². The Bertz CT molecular complexity index is 634. The Balaban J connectivity index is 1.67. The van der Waals surface area contributed by atoms with Gasteiger partial charge in [-0.05, 0) is 64.7 Å². The predicted octanol–water partition coefficient (Wildman–Crippen LogP) is 3.50. The van der Waals surface area contributed by atoms with Gasteiger partial charge < -0.3 is 25.2 Å². The molecule has 4 N–H and O–H groups in total. The zero-order valence-electron chi connectivity index (χ0n) is 19.2. The molecular weight excluding hydrogens is 380 g/mol. The maximum Gasteiger partial charge on any atom is 0.106 e. The first-order valence-corrected chi connectivity index (χ1v) is 11.8. The second kappa shape index (κ2) is 9.41. The first-order valence-electron chi connectivity index (χ1n) is 11.8. The third kappa shape index (κ3) is 5.36. The van der Waals surface area contributed by atoms with Gasteiger partial charge in [-0.1, -0.05) is 43.6 Å². The highest BCUT2D eigenvalue weighted by Crippen LogP contribution is 2.54. The molecule has 1 aliphatic heterocycles. The van der Waals surface area contributed by atoms with Crippen LogP contribution in [0.5, 0.6) is 0 Å². The third-order valence-electron chi connectivity index (χ3n) is 7.75. The van der Waals surface area contributed by atoms with Gasteiger partial charge in [0.1, 0.15) is 6.10 Å². The Morgan fingerprint density at radius 1 is 1.17 bits per heavy atom. The summed E-state index contributed by atoms with van der Waals surface area (Å²) in [4.78, 5) is 0. The molecule has 0 bridgehead atoms. The van der Waals surface area contributed by atoms with E-state index in [2.05, 4.69) is 26.0 Å². The van der Waals surface area contributed by atoms with E-state index in [1.807, 2.05) is 13.8 Å². The number of allylic oxidation sites excluding steroid dienone is 2. The fourth-order valence-electron chi connectivity index (χ4n) is 5.97. The van der Waals surface area contributed by atoms with Crippen molar-refractivity contribution in [1.29, 1.82) is 0 Å². The van der Waals surface area contributed by atoms with Gasteiger partial charge in [-0.25, -0.2) is 0 Å². The Morgan fingerprint density at radius 2 is 1.83 bits per heavy atom. The lowest BCUT2D eigenvalue weighted by Gasteiger charge is -2.42. The molecule has 3 fully saturated rings. The molecule has 1 saturated heterocycles. The van der Waals surface area contributed by atoms with Crippen molar-refractivity contribution >= 4 is 0 Å². The summed E-state index contributed by atoms with van der Waals surface area (Å²) in [7, 11) is 0. The van der Waals surface area contributed by atoms with Crippen molar-refractivity contribution < 1.29 is 25.2 Å². The highest BCUT2D eigenvalue weighted by Gasteiger charge is 2.52. The molecule has 172 valence electrons. The zero-order valence-corrected chi connectivity index (χ0v) is 19.2. The predicted molar refractivity (Wildman–Crippen MR) is 118 cm³/mol. The fourth-order valence-corrected chi connectivity index (χ4v) is 5.97. The first-order chi connectivity index (χ1) is 14.0. The van der Waals surface area contributed by atoms with E-state index in [9.17, 15) is 20.4 Å². The zero-order chi connectivity index (χ0) is 22.1. The fraction of sp³-hybridized carbons (Fsp3) is 0.840. The number of ether oxygens (including phenoxy) is 1. The van der Waals surface area contributed by atoms with Crippen molar-refractivity contribution in [3.8, 4) is 0 Å². The molecule has 5 heteroatoms. The van der Waals surface area contributed by atoms with E-state index < -0.39 is 23.9 Å². The van der Waals surface area contributed by atoms with Crippen molar-refractivity contribution in [2.75, 3.05) is 6.61 Å². The smallest absolute Gasteiger partial charge is 0.106 e. The van der Waals surface area contributed by atoms with Gasteiger partial charge in [0, 0.05) is 11.3 Å². The molecule has 5 nitrogen and oxygen atoms in total. The summed E-state index contributed by atoms with van der Waals surface area (Å²) in [5.74, 6) is 0.874. The highest BCUT2D eigenvalue weighted by molar-refractivity contribution is 5.26. The van der Waals surface area contributed by atoms with Crippen LogP contribution in [0.1, 0.15) is 79.1 Å². The van der Waals surface area contributed by atoms with Gasteiger partial charge in [0.2, 0.25) is 0 Å². The maximum atomic E-state index is 9.99. The molecule has 1 heterocycles. The molecule has 0 radical (unpaired) electrons. The summed E-state index contributed by atoms with van der Waals surface area (Å²) >= 11 is 0. The van der Waals surface area contributed by atoms with Crippen LogP contribution in [0.25, 0.3) is 0 Å². The lowest BCUT2D eigenvalue weighted by molar-refractivity contribution is -0.0713. The molecular formula is C25H42O5. The minimum atomic E-state index is -1.05. The van der Waals surface area contributed by atoms with Crippen LogP contribution in [0.3, 0.4) is 0 Å². The average Bonchev–Trinajstić information content (AvgIpc) is 3.00. The van der Waals surface area contributed by atoms with Crippen LogP contribution in [-0.2, 0) is 4.74 Å². The average molecular weight is 423 g/mol. The summed E-state index contributed by atoms with van der Waals surface area (Å²) in [6, 6.07) is 0. The van der Waals surface area contributed by atoms with Gasteiger partial charge in [-0.3, -0.25) is 0 Å². The summed E-state index contributed by atoms with van der Waals surface area (Å²) in [5.41, 5.74) is 1.94. The highest BCUT2D eigenvalue weighted by atomic mass is 16.5. The SMILES string of the molecule is C[C@H](CCCC(C)(C)O)[C@H]1OC[C@H]2/C(=C/C=C3C[C@@H](O)C(O)[C@H](O)C3)CCC[C@]12C. The van der Waals surface area contributed by atoms with Gasteiger partial charge in [-0.15, -0.1) is 0 Å². The number of aliphatic hydroxyl groups is 4. The van der Waals surface area contributed by atoms with Crippen LogP contribution in [-0.4, -0.2) is 57.0 Å². The number of rotatable bonds is 6. The largest absolute Gasteiger partial charge is 0.390 e. The van der Waals surface area contributed by atoms with E-state index in [4.69, 9.17) is 4.74 Å². The minimum absolute atomic E-state index is 0.137. The molecule has 6 atom stereocenters. The van der Waals surface area contributed by atoms with E-state index in [-0.39, 0.29) is 11.5 Å². The molecule has 2 aliphatic carbocycles. The van der Waals surface area contributed by atoms with Crippen LogP contribution in [0.4, 0.5) is 0 Å². The molecule has 2 saturated carbocycles. The standard InChI is InChI=1S/C25H42O5/c1-16(7-5-11-24(2,3)29)23-25(4)12-6-8-18(19(25)15-30-23)10-9-17-13-20(26)22(28)21(27)14-17/h9-10,16,19-23,26-29H,5-8,11-15H2,1-4H3/b17-9?,18-10+/t16-,19+,20-,21-,22?,23-,25+/m1/s1. The van der Waals surface area contributed by atoms with Crippen molar-refractivity contribution in [3.63, 3.8) is 0 Å². The molecule has 30 heavy (non-hydrogen) atoms. The quantitative estimate of drug-likeness (QED) is 0.526. The maximum absolute atomic E-state index is 9.99. The monoisotopic (exact) mass is 422 g/mol. The molecule has 0 aromatic rings. The van der Waals surface area contributed by atoms with Crippen LogP contribution in [0.15, 0.2) is 23.3 Å². The van der Waals surface area contributed by atoms with Crippen LogP contribution < -0.4 is 0 Å².